The molecular formula is C22H29N3O4. The van der Waals surface area contributed by atoms with Gasteiger partial charge in [0.05, 0.1) is 19.1 Å². The highest BCUT2D eigenvalue weighted by molar-refractivity contribution is 5.90. The van der Waals surface area contributed by atoms with E-state index in [2.05, 4.69) is 17.5 Å². The minimum Gasteiger partial charge on any atom is -0.496 e. The number of rotatable bonds is 4. The van der Waals surface area contributed by atoms with E-state index in [1.807, 2.05) is 19.1 Å². The summed E-state index contributed by atoms with van der Waals surface area (Å²) in [7, 11) is 1.67. The molecule has 7 nitrogen and oxygen atoms in total. The number of benzene rings is 1. The summed E-state index contributed by atoms with van der Waals surface area (Å²) in [5, 5.41) is 12.4. The highest BCUT2D eigenvalue weighted by Gasteiger charge is 2.52. The second kappa shape index (κ2) is 7.80. The molecule has 1 aromatic rings. The Morgan fingerprint density at radius 3 is 2.76 bits per heavy atom. The number of hydroxylamine groups is 1. The lowest BCUT2D eigenvalue weighted by Gasteiger charge is -2.38. The Morgan fingerprint density at radius 2 is 2.14 bits per heavy atom. The summed E-state index contributed by atoms with van der Waals surface area (Å²) >= 11 is 0. The average Bonchev–Trinajstić information content (AvgIpc) is 3.51. The Kier molecular flexibility index (Phi) is 5.36. The maximum absolute atomic E-state index is 13.2. The zero-order valence-electron chi connectivity index (χ0n) is 17.0. The molecule has 156 valence electrons. The number of ether oxygens (including phenoxy) is 1. The molecule has 4 rings (SSSR count). The van der Waals surface area contributed by atoms with Gasteiger partial charge in [0.2, 0.25) is 11.8 Å². The summed E-state index contributed by atoms with van der Waals surface area (Å²) in [5.41, 5.74) is 5.36. The van der Waals surface area contributed by atoms with E-state index >= 15 is 0 Å². The summed E-state index contributed by atoms with van der Waals surface area (Å²) in [6.07, 6.45) is 5.65. The zero-order valence-corrected chi connectivity index (χ0v) is 17.0. The van der Waals surface area contributed by atoms with Crippen LogP contribution < -0.4 is 15.5 Å². The molecule has 2 heterocycles. The molecule has 1 unspecified atom stereocenters. The van der Waals surface area contributed by atoms with Gasteiger partial charge < -0.3 is 15.0 Å². The normalized spacial score (nSPS) is 25.3. The van der Waals surface area contributed by atoms with Crippen molar-refractivity contribution in [1.82, 2.24) is 15.7 Å². The molecule has 2 atom stereocenters. The molecule has 2 fully saturated rings. The maximum Gasteiger partial charge on any atom is 0.248 e. The molecule has 2 amide bonds. The van der Waals surface area contributed by atoms with Crippen LogP contribution in [0.4, 0.5) is 0 Å². The van der Waals surface area contributed by atoms with Crippen molar-refractivity contribution < 1.29 is 19.5 Å². The van der Waals surface area contributed by atoms with Gasteiger partial charge in [-0.2, -0.15) is 0 Å². The minimum atomic E-state index is -0.582. The molecule has 1 aliphatic carbocycles. The lowest BCUT2D eigenvalue weighted by Crippen LogP contribution is -2.59. The molecule has 0 bridgehead atoms. The number of methoxy groups -OCH3 is 1. The van der Waals surface area contributed by atoms with Crippen LogP contribution in [-0.2, 0) is 9.59 Å². The molecule has 1 saturated carbocycles. The monoisotopic (exact) mass is 399 g/mol. The fourth-order valence-corrected chi connectivity index (χ4v) is 4.76. The number of carbonyl (C=O) groups excluding carboxylic acids is 2. The Bertz CT molecular complexity index is 846. The summed E-state index contributed by atoms with van der Waals surface area (Å²) < 4.78 is 5.42. The number of nitrogens with one attached hydrogen (secondary N) is 2. The van der Waals surface area contributed by atoms with Crippen molar-refractivity contribution >= 4 is 17.4 Å². The molecule has 0 radical (unpaired) electrons. The molecule has 1 spiro atoms. The number of amides is 2. The SMILES string of the molecule is COc1cccc(C2=CCN(C(=O)[C@H]3NCC4(CC4)CC3C(=O)NO)CC2)c1C. The summed E-state index contributed by atoms with van der Waals surface area (Å²) in [6, 6.07) is 5.44. The molecule has 0 aromatic heterocycles. The van der Waals surface area contributed by atoms with Crippen LogP contribution in [0.5, 0.6) is 5.75 Å². The topological polar surface area (TPSA) is 90.9 Å². The molecule has 7 heteroatoms. The van der Waals surface area contributed by atoms with E-state index < -0.39 is 17.9 Å². The number of carbonyl (C=O) groups is 2. The Labute approximate surface area is 171 Å². The Hall–Kier alpha value is -2.38. The second-order valence-corrected chi connectivity index (χ2v) is 8.54. The van der Waals surface area contributed by atoms with Crippen LogP contribution in [-0.4, -0.2) is 54.7 Å². The number of nitrogens with zero attached hydrogens (tertiary/aromatic N) is 1. The minimum absolute atomic E-state index is 0.0632. The van der Waals surface area contributed by atoms with Crippen LogP contribution in [0.3, 0.4) is 0 Å². The first kappa shape index (κ1) is 19.9. The van der Waals surface area contributed by atoms with E-state index in [0.717, 1.165) is 42.7 Å². The number of piperidine rings is 1. The molecule has 1 aromatic carbocycles. The molecule has 1 saturated heterocycles. The van der Waals surface area contributed by atoms with Gasteiger partial charge in [-0.1, -0.05) is 18.2 Å². The third kappa shape index (κ3) is 3.76. The van der Waals surface area contributed by atoms with Gasteiger partial charge >= 0.3 is 0 Å². The van der Waals surface area contributed by atoms with E-state index in [1.54, 1.807) is 17.5 Å². The van der Waals surface area contributed by atoms with Crippen molar-refractivity contribution in [3.05, 3.63) is 35.4 Å². The van der Waals surface area contributed by atoms with E-state index in [4.69, 9.17) is 9.94 Å². The second-order valence-electron chi connectivity index (χ2n) is 8.54. The molecular weight excluding hydrogens is 370 g/mol. The maximum atomic E-state index is 13.2. The van der Waals surface area contributed by atoms with E-state index in [-0.39, 0.29) is 11.3 Å². The number of hydrogen-bond acceptors (Lipinski definition) is 5. The van der Waals surface area contributed by atoms with Gasteiger partial charge in [-0.25, -0.2) is 5.48 Å². The highest BCUT2D eigenvalue weighted by atomic mass is 16.5. The molecule has 3 N–H and O–H groups in total. The Morgan fingerprint density at radius 1 is 1.34 bits per heavy atom. The first-order valence-corrected chi connectivity index (χ1v) is 10.3. The van der Waals surface area contributed by atoms with Gasteiger partial charge in [0, 0.05) is 19.6 Å². The van der Waals surface area contributed by atoms with Crippen molar-refractivity contribution in [2.45, 2.75) is 38.6 Å². The lowest BCUT2D eigenvalue weighted by molar-refractivity contribution is -0.144. The van der Waals surface area contributed by atoms with Gasteiger partial charge in [0.1, 0.15) is 5.75 Å². The van der Waals surface area contributed by atoms with Crippen LogP contribution >= 0.6 is 0 Å². The third-order valence-electron chi connectivity index (χ3n) is 6.79. The predicted molar refractivity (Wildman–Crippen MR) is 108 cm³/mol. The molecule has 2 aliphatic heterocycles. The van der Waals surface area contributed by atoms with Gasteiger partial charge in [0.25, 0.3) is 0 Å². The summed E-state index contributed by atoms with van der Waals surface area (Å²) in [5.74, 6) is -0.205. The van der Waals surface area contributed by atoms with Crippen molar-refractivity contribution in [3.8, 4) is 5.75 Å². The van der Waals surface area contributed by atoms with Crippen molar-refractivity contribution in [3.63, 3.8) is 0 Å². The third-order valence-corrected chi connectivity index (χ3v) is 6.79. The fraction of sp³-hybridized carbons (Fsp3) is 0.545. The van der Waals surface area contributed by atoms with Crippen molar-refractivity contribution in [1.29, 1.82) is 0 Å². The first-order valence-electron chi connectivity index (χ1n) is 10.3. The standard InChI is InChI=1S/C22H29N3O4/c1-14-16(4-3-5-18(14)29-2)15-6-10-25(11-7-15)21(27)19-17(20(26)24-28)12-22(8-9-22)13-23-19/h3-6,17,19,23,28H,7-13H2,1-2H3,(H,24,26)/t17?,19-/m0/s1. The van der Waals surface area contributed by atoms with Gasteiger partial charge in [0.15, 0.2) is 0 Å². The smallest absolute Gasteiger partial charge is 0.248 e. The van der Waals surface area contributed by atoms with Crippen molar-refractivity contribution in [2.24, 2.45) is 11.3 Å². The fourth-order valence-electron chi connectivity index (χ4n) is 4.76. The first-order chi connectivity index (χ1) is 14.0. The van der Waals surface area contributed by atoms with Gasteiger partial charge in [-0.15, -0.1) is 0 Å². The largest absolute Gasteiger partial charge is 0.496 e. The van der Waals surface area contributed by atoms with Gasteiger partial charge in [-0.05, 0) is 60.8 Å². The lowest BCUT2D eigenvalue weighted by atomic mass is 9.81. The summed E-state index contributed by atoms with van der Waals surface area (Å²) in [4.78, 5) is 27.2. The van der Waals surface area contributed by atoms with Gasteiger partial charge in [-0.3, -0.25) is 14.8 Å². The van der Waals surface area contributed by atoms with E-state index in [9.17, 15) is 9.59 Å². The summed E-state index contributed by atoms with van der Waals surface area (Å²) in [6.45, 7) is 3.93. The van der Waals surface area contributed by atoms with E-state index in [0.29, 0.717) is 19.5 Å². The van der Waals surface area contributed by atoms with Crippen LogP contribution in [0, 0.1) is 18.3 Å². The van der Waals surface area contributed by atoms with Crippen LogP contribution in [0.1, 0.15) is 36.8 Å². The van der Waals surface area contributed by atoms with Crippen LogP contribution in [0.25, 0.3) is 5.57 Å². The Balaban J connectivity index is 1.47. The van der Waals surface area contributed by atoms with Crippen molar-refractivity contribution in [2.75, 3.05) is 26.7 Å². The van der Waals surface area contributed by atoms with E-state index in [1.165, 1.54) is 5.57 Å². The number of hydrogen-bond donors (Lipinski definition) is 3. The average molecular weight is 399 g/mol. The molecule has 3 aliphatic rings. The van der Waals surface area contributed by atoms with Crippen LogP contribution in [0.2, 0.25) is 0 Å². The highest BCUT2D eigenvalue weighted by Crippen LogP contribution is 2.52. The quantitative estimate of drug-likeness (QED) is 0.531. The zero-order chi connectivity index (χ0) is 20.6. The van der Waals surface area contributed by atoms with Crippen LogP contribution in [0.15, 0.2) is 24.3 Å². The predicted octanol–water partition coefficient (Wildman–Crippen LogP) is 1.88. The molecule has 29 heavy (non-hydrogen) atoms.